The summed E-state index contributed by atoms with van der Waals surface area (Å²) in [6.45, 7) is 1.97. The molecule has 0 aromatic carbocycles. The third kappa shape index (κ3) is 2.87. The van der Waals surface area contributed by atoms with Crippen LogP contribution in [-0.4, -0.2) is 30.2 Å². The largest absolute Gasteiger partial charge is 0.299 e. The van der Waals surface area contributed by atoms with Crippen LogP contribution in [0.15, 0.2) is 0 Å². The zero-order valence-corrected chi connectivity index (χ0v) is 6.98. The molecule has 0 aromatic rings. The van der Waals surface area contributed by atoms with Gasteiger partial charge in [0.05, 0.1) is 6.04 Å². The van der Waals surface area contributed by atoms with Crippen LogP contribution in [0.5, 0.6) is 0 Å². The summed E-state index contributed by atoms with van der Waals surface area (Å²) < 4.78 is 0. The van der Waals surface area contributed by atoms with Gasteiger partial charge in [0.1, 0.15) is 0 Å². The number of thiol groups is 1. The van der Waals surface area contributed by atoms with Crippen LogP contribution < -0.4 is 0 Å². The van der Waals surface area contributed by atoms with Crippen LogP contribution in [-0.2, 0) is 4.79 Å². The van der Waals surface area contributed by atoms with Gasteiger partial charge in [0.25, 0.3) is 0 Å². The van der Waals surface area contributed by atoms with E-state index in [1.165, 1.54) is 0 Å². The molecule has 0 rings (SSSR count). The molecule has 0 aliphatic heterocycles. The van der Waals surface area contributed by atoms with E-state index in [1.54, 1.807) is 0 Å². The molecule has 3 heteroatoms. The van der Waals surface area contributed by atoms with Crippen molar-refractivity contribution in [1.82, 2.24) is 4.90 Å². The van der Waals surface area contributed by atoms with Gasteiger partial charge in [-0.3, -0.25) is 9.69 Å². The predicted molar refractivity (Wildman–Crippen MR) is 41.8 cm³/mol. The first-order valence-electron chi connectivity index (χ1n) is 2.98. The van der Waals surface area contributed by atoms with Gasteiger partial charge in [-0.25, -0.2) is 0 Å². The highest BCUT2D eigenvalue weighted by Crippen LogP contribution is 2.01. The normalized spacial score (nSPS) is 13.9. The van der Waals surface area contributed by atoms with Gasteiger partial charge in [-0.1, -0.05) is 6.92 Å². The fourth-order valence-electron chi connectivity index (χ4n) is 0.761. The number of nitrogens with zero attached hydrogens (tertiary/aromatic N) is 1. The second kappa shape index (κ2) is 3.90. The summed E-state index contributed by atoms with van der Waals surface area (Å²) in [5, 5.41) is -0.0532. The molecule has 0 aliphatic carbocycles. The molecule has 0 saturated heterocycles. The standard InChI is InChI=1S/C6H13NOS/c1-4-5(6(8)9)7(2)3/h5H,4H2,1-3H3,(H,8,9). The minimum atomic E-state index is -0.0532. The molecule has 0 aromatic heterocycles. The van der Waals surface area contributed by atoms with Gasteiger partial charge in [-0.05, 0) is 20.5 Å². The number of carbonyl (C=O) groups is 1. The first kappa shape index (κ1) is 8.98. The smallest absolute Gasteiger partial charge is 0.203 e. The Hall–Kier alpha value is -0.0200. The quantitative estimate of drug-likeness (QED) is 0.595. The van der Waals surface area contributed by atoms with Crippen molar-refractivity contribution in [2.24, 2.45) is 0 Å². The van der Waals surface area contributed by atoms with E-state index < -0.39 is 0 Å². The van der Waals surface area contributed by atoms with Crippen molar-refractivity contribution < 1.29 is 4.79 Å². The predicted octanol–water partition coefficient (Wildman–Crippen LogP) is 0.783. The molecule has 0 fully saturated rings. The molecule has 0 aliphatic rings. The van der Waals surface area contributed by atoms with E-state index in [-0.39, 0.29) is 11.2 Å². The summed E-state index contributed by atoms with van der Waals surface area (Å²) in [7, 11) is 3.75. The number of rotatable bonds is 3. The Labute approximate surface area is 61.6 Å². The van der Waals surface area contributed by atoms with Crippen LogP contribution in [0.3, 0.4) is 0 Å². The molecule has 0 bridgehead atoms. The molecule has 54 valence electrons. The topological polar surface area (TPSA) is 20.3 Å². The summed E-state index contributed by atoms with van der Waals surface area (Å²) in [5.41, 5.74) is 0. The van der Waals surface area contributed by atoms with E-state index in [1.807, 2.05) is 25.9 Å². The van der Waals surface area contributed by atoms with Crippen molar-refractivity contribution in [3.63, 3.8) is 0 Å². The monoisotopic (exact) mass is 147 g/mol. The van der Waals surface area contributed by atoms with Gasteiger partial charge in [-0.2, -0.15) is 0 Å². The lowest BCUT2D eigenvalue weighted by atomic mass is 10.2. The van der Waals surface area contributed by atoms with Crippen LogP contribution in [0, 0.1) is 0 Å². The van der Waals surface area contributed by atoms with Crippen molar-refractivity contribution in [3.8, 4) is 0 Å². The Morgan fingerprint density at radius 2 is 2.11 bits per heavy atom. The Morgan fingerprint density at radius 1 is 1.67 bits per heavy atom. The summed E-state index contributed by atoms with van der Waals surface area (Å²) in [4.78, 5) is 12.5. The Bertz CT molecular complexity index is 103. The Morgan fingerprint density at radius 3 is 2.11 bits per heavy atom. The third-order valence-corrected chi connectivity index (χ3v) is 1.59. The summed E-state index contributed by atoms with van der Waals surface area (Å²) in [5.74, 6) is 0. The van der Waals surface area contributed by atoms with Gasteiger partial charge in [0.2, 0.25) is 5.12 Å². The van der Waals surface area contributed by atoms with Crippen molar-refractivity contribution in [2.75, 3.05) is 14.1 Å². The Kier molecular flexibility index (Phi) is 3.89. The molecule has 0 radical (unpaired) electrons. The summed E-state index contributed by atoms with van der Waals surface area (Å²) in [6, 6.07) is -0.0201. The molecule has 1 unspecified atom stereocenters. The number of carbonyl (C=O) groups excluding carboxylic acids is 1. The minimum Gasteiger partial charge on any atom is -0.299 e. The van der Waals surface area contributed by atoms with Crippen molar-refractivity contribution in [1.29, 1.82) is 0 Å². The number of likely N-dealkylation sites (N-methyl/N-ethyl adjacent to an activating group) is 1. The van der Waals surface area contributed by atoms with E-state index in [9.17, 15) is 4.79 Å². The highest BCUT2D eigenvalue weighted by Gasteiger charge is 2.13. The van der Waals surface area contributed by atoms with Gasteiger partial charge in [-0.15, -0.1) is 12.6 Å². The van der Waals surface area contributed by atoms with Gasteiger partial charge >= 0.3 is 0 Å². The lowest BCUT2D eigenvalue weighted by molar-refractivity contribution is -0.114. The summed E-state index contributed by atoms with van der Waals surface area (Å²) in [6.07, 6.45) is 0.829. The van der Waals surface area contributed by atoms with Gasteiger partial charge < -0.3 is 0 Å². The molecule has 0 saturated carbocycles. The molecular formula is C6H13NOS. The molecule has 2 nitrogen and oxygen atoms in total. The van der Waals surface area contributed by atoms with Crippen LogP contribution in [0.4, 0.5) is 0 Å². The zero-order chi connectivity index (χ0) is 7.44. The molecule has 0 spiro atoms. The highest BCUT2D eigenvalue weighted by atomic mass is 32.1. The zero-order valence-electron chi connectivity index (χ0n) is 6.09. The van der Waals surface area contributed by atoms with E-state index in [2.05, 4.69) is 12.6 Å². The molecule has 1 atom stereocenters. The average molecular weight is 147 g/mol. The minimum absolute atomic E-state index is 0.0201. The molecule has 0 N–H and O–H groups in total. The fraction of sp³-hybridized carbons (Fsp3) is 0.833. The molecule has 0 heterocycles. The maximum Gasteiger partial charge on any atom is 0.203 e. The van der Waals surface area contributed by atoms with Crippen LogP contribution >= 0.6 is 12.6 Å². The number of hydrogen-bond donors (Lipinski definition) is 1. The lowest BCUT2D eigenvalue weighted by Gasteiger charge is -2.18. The van der Waals surface area contributed by atoms with Crippen LogP contribution in [0.1, 0.15) is 13.3 Å². The Balaban J connectivity index is 3.83. The van der Waals surface area contributed by atoms with Crippen molar-refractivity contribution >= 4 is 17.7 Å². The third-order valence-electron chi connectivity index (χ3n) is 1.30. The maximum atomic E-state index is 10.6. The number of hydrogen-bond acceptors (Lipinski definition) is 2. The van der Waals surface area contributed by atoms with Crippen molar-refractivity contribution in [3.05, 3.63) is 0 Å². The molecule has 0 amide bonds. The van der Waals surface area contributed by atoms with Crippen molar-refractivity contribution in [2.45, 2.75) is 19.4 Å². The fourth-order valence-corrected chi connectivity index (χ4v) is 1.17. The average Bonchev–Trinajstić information content (AvgIpc) is 1.64. The summed E-state index contributed by atoms with van der Waals surface area (Å²) >= 11 is 3.73. The first-order valence-corrected chi connectivity index (χ1v) is 3.43. The van der Waals surface area contributed by atoms with Gasteiger partial charge in [0.15, 0.2) is 0 Å². The molecule has 9 heavy (non-hydrogen) atoms. The van der Waals surface area contributed by atoms with E-state index in [4.69, 9.17) is 0 Å². The van der Waals surface area contributed by atoms with E-state index >= 15 is 0 Å². The lowest BCUT2D eigenvalue weighted by Crippen LogP contribution is -2.32. The van der Waals surface area contributed by atoms with E-state index in [0.29, 0.717) is 0 Å². The first-order chi connectivity index (χ1) is 4.09. The SMILES string of the molecule is CCC(C(=O)S)N(C)C. The second-order valence-electron chi connectivity index (χ2n) is 2.23. The highest BCUT2D eigenvalue weighted by molar-refractivity contribution is 7.96. The maximum absolute atomic E-state index is 10.6. The van der Waals surface area contributed by atoms with E-state index in [0.717, 1.165) is 6.42 Å². The van der Waals surface area contributed by atoms with Gasteiger partial charge in [0, 0.05) is 0 Å². The second-order valence-corrected chi connectivity index (χ2v) is 2.67. The van der Waals surface area contributed by atoms with Crippen LogP contribution in [0.25, 0.3) is 0 Å². The molecular weight excluding hydrogens is 134 g/mol. The van der Waals surface area contributed by atoms with Crippen LogP contribution in [0.2, 0.25) is 0 Å².